The third-order valence-electron chi connectivity index (χ3n) is 2.40. The summed E-state index contributed by atoms with van der Waals surface area (Å²) >= 11 is 0. The zero-order valence-electron chi connectivity index (χ0n) is 9.83. The molecule has 6 nitrogen and oxygen atoms in total. The van der Waals surface area contributed by atoms with Gasteiger partial charge in [-0.15, -0.1) is 0 Å². The van der Waals surface area contributed by atoms with Crippen molar-refractivity contribution in [1.29, 1.82) is 0 Å². The number of carbonyl (C=O) groups is 1. The standard InChI is InChI=1S/C11H14N4O2/c1-3-14-5-4-10(13-14)8-15-7-9(6-12-15)11(16)17-2/h4-7H,3,8H2,1-2H3. The Bertz CT molecular complexity index is 515. The van der Waals surface area contributed by atoms with Crippen LogP contribution in [0.25, 0.3) is 0 Å². The van der Waals surface area contributed by atoms with Crippen LogP contribution in [0.4, 0.5) is 0 Å². The Labute approximate surface area is 98.8 Å². The summed E-state index contributed by atoms with van der Waals surface area (Å²) in [6.45, 7) is 3.41. The molecule has 0 atom stereocenters. The minimum Gasteiger partial charge on any atom is -0.465 e. The molecule has 0 amide bonds. The van der Waals surface area contributed by atoms with Crippen LogP contribution in [0.5, 0.6) is 0 Å². The van der Waals surface area contributed by atoms with E-state index in [1.54, 1.807) is 10.9 Å². The summed E-state index contributed by atoms with van der Waals surface area (Å²) in [6, 6.07) is 1.93. The van der Waals surface area contributed by atoms with Crippen LogP contribution in [0.1, 0.15) is 23.0 Å². The van der Waals surface area contributed by atoms with Crippen LogP contribution < -0.4 is 0 Å². The van der Waals surface area contributed by atoms with Gasteiger partial charge < -0.3 is 4.74 Å². The average Bonchev–Trinajstić information content (AvgIpc) is 2.97. The molecule has 6 heteroatoms. The first kappa shape index (κ1) is 11.4. The van der Waals surface area contributed by atoms with Crippen LogP contribution in [0, 0.1) is 0 Å². The molecule has 0 aromatic carbocycles. The molecule has 0 aliphatic rings. The summed E-state index contributed by atoms with van der Waals surface area (Å²) in [5, 5.41) is 8.42. The van der Waals surface area contributed by atoms with Gasteiger partial charge in [0.05, 0.1) is 31.1 Å². The van der Waals surface area contributed by atoms with Crippen LogP contribution in [0.15, 0.2) is 24.7 Å². The molecule has 0 radical (unpaired) electrons. The number of ether oxygens (including phenoxy) is 1. The highest BCUT2D eigenvalue weighted by Crippen LogP contribution is 2.03. The van der Waals surface area contributed by atoms with Gasteiger partial charge in [-0.05, 0) is 13.0 Å². The first-order valence-corrected chi connectivity index (χ1v) is 5.36. The normalized spacial score (nSPS) is 10.5. The predicted octanol–water partition coefficient (Wildman–Crippen LogP) is 0.934. The number of carbonyl (C=O) groups excluding carboxylic acids is 1. The maximum absolute atomic E-state index is 11.2. The highest BCUT2D eigenvalue weighted by molar-refractivity contribution is 5.88. The van der Waals surface area contributed by atoms with E-state index in [0.717, 1.165) is 12.2 Å². The van der Waals surface area contributed by atoms with Crippen LogP contribution in [0.2, 0.25) is 0 Å². The highest BCUT2D eigenvalue weighted by Gasteiger charge is 2.08. The molecular weight excluding hydrogens is 220 g/mol. The Morgan fingerprint density at radius 1 is 1.47 bits per heavy atom. The number of esters is 1. The number of aromatic nitrogens is 4. The van der Waals surface area contributed by atoms with E-state index in [0.29, 0.717) is 12.1 Å². The van der Waals surface area contributed by atoms with Crippen molar-refractivity contribution in [2.45, 2.75) is 20.0 Å². The molecule has 0 bridgehead atoms. The lowest BCUT2D eigenvalue weighted by Gasteiger charge is -1.97. The number of rotatable bonds is 4. The molecule has 0 fully saturated rings. The second-order valence-corrected chi connectivity index (χ2v) is 3.58. The molecule has 2 aromatic rings. The maximum Gasteiger partial charge on any atom is 0.341 e. The van der Waals surface area contributed by atoms with Crippen LogP contribution >= 0.6 is 0 Å². The molecule has 0 saturated carbocycles. The fourth-order valence-electron chi connectivity index (χ4n) is 1.50. The van der Waals surface area contributed by atoms with Gasteiger partial charge in [-0.3, -0.25) is 9.36 Å². The van der Waals surface area contributed by atoms with Crippen LogP contribution in [-0.4, -0.2) is 32.6 Å². The van der Waals surface area contributed by atoms with Gasteiger partial charge in [0.1, 0.15) is 0 Å². The van der Waals surface area contributed by atoms with E-state index in [2.05, 4.69) is 14.9 Å². The van der Waals surface area contributed by atoms with Gasteiger partial charge in [-0.25, -0.2) is 4.79 Å². The Kier molecular flexibility index (Phi) is 3.22. The summed E-state index contributed by atoms with van der Waals surface area (Å²) in [7, 11) is 1.35. The molecule has 2 rings (SSSR count). The van der Waals surface area contributed by atoms with Crippen molar-refractivity contribution in [3.05, 3.63) is 35.9 Å². The van der Waals surface area contributed by atoms with E-state index in [1.165, 1.54) is 13.3 Å². The monoisotopic (exact) mass is 234 g/mol. The molecule has 17 heavy (non-hydrogen) atoms. The smallest absolute Gasteiger partial charge is 0.341 e. The first-order valence-electron chi connectivity index (χ1n) is 5.36. The Hall–Kier alpha value is -2.11. The summed E-state index contributed by atoms with van der Waals surface area (Å²) in [6.07, 6.45) is 5.06. The van der Waals surface area contributed by atoms with Gasteiger partial charge in [0.2, 0.25) is 0 Å². The molecule has 0 saturated heterocycles. The molecule has 0 unspecified atom stereocenters. The molecule has 2 heterocycles. The molecular formula is C11H14N4O2. The van der Waals surface area contributed by atoms with E-state index in [1.807, 2.05) is 23.9 Å². The summed E-state index contributed by atoms with van der Waals surface area (Å²) in [5.74, 6) is -0.379. The zero-order valence-corrected chi connectivity index (χ0v) is 9.83. The highest BCUT2D eigenvalue weighted by atomic mass is 16.5. The van der Waals surface area contributed by atoms with Gasteiger partial charge in [0, 0.05) is 18.9 Å². The fourth-order valence-corrected chi connectivity index (χ4v) is 1.50. The summed E-state index contributed by atoms with van der Waals surface area (Å²) < 4.78 is 8.12. The molecule has 90 valence electrons. The first-order chi connectivity index (χ1) is 8.22. The van der Waals surface area contributed by atoms with Crippen molar-refractivity contribution in [1.82, 2.24) is 19.6 Å². The largest absolute Gasteiger partial charge is 0.465 e. The Morgan fingerprint density at radius 2 is 2.29 bits per heavy atom. The van der Waals surface area contributed by atoms with Crippen molar-refractivity contribution in [3.63, 3.8) is 0 Å². The second kappa shape index (κ2) is 4.82. The number of methoxy groups -OCH3 is 1. The number of hydrogen-bond acceptors (Lipinski definition) is 4. The van der Waals surface area contributed by atoms with Gasteiger partial charge in [-0.2, -0.15) is 10.2 Å². The van der Waals surface area contributed by atoms with E-state index in [4.69, 9.17) is 0 Å². The van der Waals surface area contributed by atoms with Crippen molar-refractivity contribution in [2.75, 3.05) is 7.11 Å². The SMILES string of the molecule is CCn1ccc(Cn2cc(C(=O)OC)cn2)n1. The fraction of sp³-hybridized carbons (Fsp3) is 0.364. The summed E-state index contributed by atoms with van der Waals surface area (Å²) in [5.41, 5.74) is 1.36. The second-order valence-electron chi connectivity index (χ2n) is 3.58. The Morgan fingerprint density at radius 3 is 2.94 bits per heavy atom. The van der Waals surface area contributed by atoms with Gasteiger partial charge in [0.15, 0.2) is 0 Å². The van der Waals surface area contributed by atoms with Crippen molar-refractivity contribution < 1.29 is 9.53 Å². The maximum atomic E-state index is 11.2. The summed E-state index contributed by atoms with van der Waals surface area (Å²) in [4.78, 5) is 11.2. The van der Waals surface area contributed by atoms with Crippen molar-refractivity contribution >= 4 is 5.97 Å². The zero-order chi connectivity index (χ0) is 12.3. The molecule has 0 spiro atoms. The number of nitrogens with zero attached hydrogens (tertiary/aromatic N) is 4. The quantitative estimate of drug-likeness (QED) is 0.738. The van der Waals surface area contributed by atoms with Gasteiger partial charge in [0.25, 0.3) is 0 Å². The van der Waals surface area contributed by atoms with E-state index < -0.39 is 0 Å². The van der Waals surface area contributed by atoms with E-state index in [-0.39, 0.29) is 5.97 Å². The molecule has 0 aliphatic heterocycles. The molecule has 0 N–H and O–H groups in total. The van der Waals surface area contributed by atoms with Crippen molar-refractivity contribution in [3.8, 4) is 0 Å². The lowest BCUT2D eigenvalue weighted by molar-refractivity contribution is 0.0600. The third kappa shape index (κ3) is 2.52. The van der Waals surface area contributed by atoms with Crippen molar-refractivity contribution in [2.24, 2.45) is 0 Å². The minimum atomic E-state index is -0.379. The molecule has 0 aliphatic carbocycles. The topological polar surface area (TPSA) is 61.9 Å². The van der Waals surface area contributed by atoms with Crippen LogP contribution in [-0.2, 0) is 17.8 Å². The number of hydrogen-bond donors (Lipinski definition) is 0. The average molecular weight is 234 g/mol. The number of aryl methyl sites for hydroxylation is 1. The van der Waals surface area contributed by atoms with E-state index >= 15 is 0 Å². The third-order valence-corrected chi connectivity index (χ3v) is 2.40. The lowest BCUT2D eigenvalue weighted by Crippen LogP contribution is -2.03. The Balaban J connectivity index is 2.08. The van der Waals surface area contributed by atoms with Gasteiger partial charge in [-0.1, -0.05) is 0 Å². The predicted molar refractivity (Wildman–Crippen MR) is 60.6 cm³/mol. The lowest BCUT2D eigenvalue weighted by atomic mass is 10.4. The minimum absolute atomic E-state index is 0.379. The molecule has 2 aromatic heterocycles. The van der Waals surface area contributed by atoms with E-state index in [9.17, 15) is 4.79 Å². The van der Waals surface area contributed by atoms with Gasteiger partial charge >= 0.3 is 5.97 Å². The van der Waals surface area contributed by atoms with Crippen LogP contribution in [0.3, 0.4) is 0 Å².